The molecule has 2 fully saturated rings. The number of methoxy groups -OCH3 is 1. The van der Waals surface area contributed by atoms with Gasteiger partial charge >= 0.3 is 0 Å². The smallest absolute Gasteiger partial charge is 0.220 e. The third-order valence-corrected chi connectivity index (χ3v) is 5.66. The third kappa shape index (κ3) is 4.67. The average molecular weight is 311 g/mol. The van der Waals surface area contributed by atoms with Gasteiger partial charge in [0, 0.05) is 25.5 Å². The molecule has 1 amide bonds. The Morgan fingerprint density at radius 3 is 2.41 bits per heavy atom. The van der Waals surface area contributed by atoms with Gasteiger partial charge in [-0.05, 0) is 50.7 Å². The number of amides is 1. The molecular weight excluding hydrogens is 278 g/mol. The summed E-state index contributed by atoms with van der Waals surface area (Å²) in [6.07, 6.45) is 8.62. The first kappa shape index (κ1) is 17.7. The van der Waals surface area contributed by atoms with E-state index in [-0.39, 0.29) is 16.7 Å². The Kier molecular flexibility index (Phi) is 6.66. The molecule has 22 heavy (non-hydrogen) atoms. The van der Waals surface area contributed by atoms with Gasteiger partial charge in [-0.1, -0.05) is 19.3 Å². The maximum atomic E-state index is 12.4. The van der Waals surface area contributed by atoms with Crippen molar-refractivity contribution in [1.29, 1.82) is 0 Å². The monoisotopic (exact) mass is 311 g/mol. The Labute approximate surface area is 134 Å². The van der Waals surface area contributed by atoms with Crippen molar-refractivity contribution in [3.05, 3.63) is 0 Å². The third-order valence-electron chi connectivity index (χ3n) is 5.66. The molecule has 2 rings (SSSR count). The Morgan fingerprint density at radius 2 is 1.82 bits per heavy atom. The van der Waals surface area contributed by atoms with Crippen LogP contribution in [0.1, 0.15) is 51.4 Å². The molecule has 1 heterocycles. The molecule has 1 saturated carbocycles. The first-order valence-electron chi connectivity index (χ1n) is 8.80. The molecule has 5 nitrogen and oxygen atoms in total. The van der Waals surface area contributed by atoms with Crippen molar-refractivity contribution >= 4 is 5.91 Å². The molecule has 128 valence electrons. The van der Waals surface area contributed by atoms with Crippen LogP contribution < -0.4 is 16.4 Å². The first-order chi connectivity index (χ1) is 10.6. The zero-order chi connectivity index (χ0) is 15.9. The van der Waals surface area contributed by atoms with Crippen molar-refractivity contribution in [2.75, 3.05) is 39.9 Å². The van der Waals surface area contributed by atoms with Crippen LogP contribution in [0.15, 0.2) is 0 Å². The first-order valence-corrected chi connectivity index (χ1v) is 8.80. The summed E-state index contributed by atoms with van der Waals surface area (Å²) in [6.45, 7) is 4.09. The number of nitrogens with two attached hydrogens (primary N) is 1. The van der Waals surface area contributed by atoms with E-state index in [1.165, 1.54) is 19.3 Å². The second kappa shape index (κ2) is 8.27. The van der Waals surface area contributed by atoms with E-state index < -0.39 is 0 Å². The number of piperidine rings is 1. The van der Waals surface area contributed by atoms with Crippen molar-refractivity contribution in [1.82, 2.24) is 10.6 Å². The molecule has 0 spiro atoms. The number of hydrogen-bond acceptors (Lipinski definition) is 4. The molecule has 0 aromatic carbocycles. The summed E-state index contributed by atoms with van der Waals surface area (Å²) in [5.41, 5.74) is 6.13. The molecule has 1 saturated heterocycles. The molecule has 4 N–H and O–H groups in total. The summed E-state index contributed by atoms with van der Waals surface area (Å²) in [5, 5.41) is 6.56. The van der Waals surface area contributed by atoms with Crippen LogP contribution in [0.5, 0.6) is 0 Å². The van der Waals surface area contributed by atoms with Crippen LogP contribution in [0, 0.1) is 10.8 Å². The molecule has 1 aliphatic heterocycles. The van der Waals surface area contributed by atoms with Crippen LogP contribution in [0.4, 0.5) is 0 Å². The number of carbonyl (C=O) groups is 1. The van der Waals surface area contributed by atoms with Gasteiger partial charge in [-0.2, -0.15) is 0 Å². The molecule has 1 aliphatic carbocycles. The summed E-state index contributed by atoms with van der Waals surface area (Å²) in [5.74, 6) is 0.168. The fraction of sp³-hybridized carbons (Fsp3) is 0.941. The average Bonchev–Trinajstić information content (AvgIpc) is 2.55. The van der Waals surface area contributed by atoms with Gasteiger partial charge in [0.25, 0.3) is 0 Å². The molecule has 0 radical (unpaired) electrons. The zero-order valence-electron chi connectivity index (χ0n) is 14.1. The van der Waals surface area contributed by atoms with Crippen LogP contribution in [-0.4, -0.2) is 45.8 Å². The van der Waals surface area contributed by atoms with Crippen molar-refractivity contribution in [2.45, 2.75) is 51.4 Å². The highest BCUT2D eigenvalue weighted by Crippen LogP contribution is 2.38. The zero-order valence-corrected chi connectivity index (χ0v) is 14.1. The second-order valence-corrected chi connectivity index (χ2v) is 7.40. The van der Waals surface area contributed by atoms with Gasteiger partial charge in [-0.3, -0.25) is 4.79 Å². The Bertz CT molecular complexity index is 342. The lowest BCUT2D eigenvalue weighted by molar-refractivity contribution is -0.124. The lowest BCUT2D eigenvalue weighted by atomic mass is 9.71. The molecular formula is C17H33N3O2. The molecule has 0 atom stereocenters. The minimum Gasteiger partial charge on any atom is -0.384 e. The highest BCUT2D eigenvalue weighted by atomic mass is 16.5. The van der Waals surface area contributed by atoms with E-state index >= 15 is 0 Å². The van der Waals surface area contributed by atoms with Gasteiger partial charge in [0.1, 0.15) is 0 Å². The Balaban J connectivity index is 1.85. The Hall–Kier alpha value is -0.650. The van der Waals surface area contributed by atoms with E-state index in [4.69, 9.17) is 10.5 Å². The largest absolute Gasteiger partial charge is 0.384 e. The van der Waals surface area contributed by atoms with Gasteiger partial charge in [-0.15, -0.1) is 0 Å². The highest BCUT2D eigenvalue weighted by molar-refractivity contribution is 5.76. The summed E-state index contributed by atoms with van der Waals surface area (Å²) >= 11 is 0. The van der Waals surface area contributed by atoms with Crippen LogP contribution in [0.25, 0.3) is 0 Å². The second-order valence-electron chi connectivity index (χ2n) is 7.40. The fourth-order valence-electron chi connectivity index (χ4n) is 4.08. The lowest BCUT2D eigenvalue weighted by Gasteiger charge is -2.38. The summed E-state index contributed by atoms with van der Waals surface area (Å²) in [6, 6.07) is 0. The number of nitrogens with one attached hydrogen (secondary N) is 2. The predicted molar refractivity (Wildman–Crippen MR) is 88.6 cm³/mol. The quantitative estimate of drug-likeness (QED) is 0.664. The van der Waals surface area contributed by atoms with Gasteiger partial charge in [-0.25, -0.2) is 0 Å². The Morgan fingerprint density at radius 1 is 1.14 bits per heavy atom. The number of ether oxygens (including phenoxy) is 1. The van der Waals surface area contributed by atoms with Crippen molar-refractivity contribution in [3.63, 3.8) is 0 Å². The van der Waals surface area contributed by atoms with Crippen molar-refractivity contribution in [3.8, 4) is 0 Å². The van der Waals surface area contributed by atoms with E-state index in [1.807, 2.05) is 0 Å². The number of rotatable bonds is 7. The minimum absolute atomic E-state index is 0.0465. The molecule has 2 aliphatic rings. The number of carbonyl (C=O) groups excluding carboxylic acids is 1. The van der Waals surface area contributed by atoms with E-state index in [9.17, 15) is 4.79 Å². The van der Waals surface area contributed by atoms with Gasteiger partial charge in [0.2, 0.25) is 5.91 Å². The van der Waals surface area contributed by atoms with E-state index in [0.717, 1.165) is 51.9 Å². The predicted octanol–water partition coefficient (Wildman–Crippen LogP) is 1.42. The molecule has 5 heteroatoms. The number of hydrogen-bond donors (Lipinski definition) is 3. The standard InChI is InChI=1S/C17H33N3O2/c1-22-14-17(7-9-19-10-8-17)13-20-15(21)11-16(12-18)5-3-2-4-6-16/h19H,2-14,18H2,1H3,(H,20,21). The van der Waals surface area contributed by atoms with E-state index in [1.54, 1.807) is 7.11 Å². The van der Waals surface area contributed by atoms with Crippen molar-refractivity contribution in [2.24, 2.45) is 16.6 Å². The van der Waals surface area contributed by atoms with Crippen molar-refractivity contribution < 1.29 is 9.53 Å². The summed E-state index contributed by atoms with van der Waals surface area (Å²) < 4.78 is 5.41. The topological polar surface area (TPSA) is 76.4 Å². The summed E-state index contributed by atoms with van der Waals surface area (Å²) in [4.78, 5) is 12.4. The SMILES string of the molecule is COCC1(CNC(=O)CC2(CN)CCCCC2)CCNCC1. The van der Waals surface area contributed by atoms with E-state index in [2.05, 4.69) is 10.6 Å². The van der Waals surface area contributed by atoms with Crippen LogP contribution in [0.3, 0.4) is 0 Å². The maximum Gasteiger partial charge on any atom is 0.220 e. The highest BCUT2D eigenvalue weighted by Gasteiger charge is 2.35. The van der Waals surface area contributed by atoms with E-state index in [0.29, 0.717) is 13.0 Å². The van der Waals surface area contributed by atoms with Gasteiger partial charge in [0.05, 0.1) is 6.61 Å². The van der Waals surface area contributed by atoms with Gasteiger partial charge < -0.3 is 21.1 Å². The fourth-order valence-corrected chi connectivity index (χ4v) is 4.08. The minimum atomic E-state index is 0.0465. The molecule has 0 aromatic heterocycles. The van der Waals surface area contributed by atoms with Gasteiger partial charge in [0.15, 0.2) is 0 Å². The van der Waals surface area contributed by atoms with Crippen LogP contribution >= 0.6 is 0 Å². The molecule has 0 aromatic rings. The van der Waals surface area contributed by atoms with Crippen LogP contribution in [-0.2, 0) is 9.53 Å². The lowest BCUT2D eigenvalue weighted by Crippen LogP contribution is -2.48. The molecule has 0 unspecified atom stereocenters. The maximum absolute atomic E-state index is 12.4. The summed E-state index contributed by atoms with van der Waals surface area (Å²) in [7, 11) is 1.75. The molecule has 0 bridgehead atoms. The van der Waals surface area contributed by atoms with Crippen LogP contribution in [0.2, 0.25) is 0 Å². The normalized spacial score (nSPS) is 23.9.